The van der Waals surface area contributed by atoms with E-state index in [2.05, 4.69) is 0 Å². The number of benzene rings is 2. The van der Waals surface area contributed by atoms with Gasteiger partial charge in [0.05, 0.1) is 28.4 Å². The molecule has 0 aliphatic heterocycles. The fourth-order valence-electron chi connectivity index (χ4n) is 3.04. The Morgan fingerprint density at radius 1 is 0.759 bits per heavy atom. The molecule has 6 nitrogen and oxygen atoms in total. The van der Waals surface area contributed by atoms with Gasteiger partial charge in [-0.15, -0.1) is 0 Å². The highest BCUT2D eigenvalue weighted by Gasteiger charge is 2.38. The lowest BCUT2D eigenvalue weighted by Gasteiger charge is -2.24. The zero-order chi connectivity index (χ0) is 21.6. The third-order valence-corrected chi connectivity index (χ3v) is 7.32. The van der Waals surface area contributed by atoms with Gasteiger partial charge in [-0.3, -0.25) is 9.59 Å². The van der Waals surface area contributed by atoms with E-state index in [0.717, 1.165) is 0 Å². The van der Waals surface area contributed by atoms with E-state index in [1.807, 2.05) is 13.8 Å². The number of methoxy groups -OCH3 is 4. The van der Waals surface area contributed by atoms with E-state index in [9.17, 15) is 9.59 Å². The standard InChI is InChI=1S/C22H27O6P/c1-7-14(2)29(21(23)19-15(25-3)10-8-11-16(19)26-4)22(24)20-17(27-5)12-9-13-18(20)28-6/h8-14H,7H2,1-6H3. The van der Waals surface area contributed by atoms with Gasteiger partial charge in [-0.25, -0.2) is 0 Å². The second-order valence-electron chi connectivity index (χ2n) is 6.31. The van der Waals surface area contributed by atoms with E-state index in [4.69, 9.17) is 18.9 Å². The molecule has 29 heavy (non-hydrogen) atoms. The molecule has 2 rings (SSSR count). The Balaban J connectivity index is 2.66. The summed E-state index contributed by atoms with van der Waals surface area (Å²) in [4.78, 5) is 27.4. The SMILES string of the molecule is CCC(C)P(C(=O)c1c(OC)cccc1OC)C(=O)c1c(OC)cccc1OC. The molecule has 2 aromatic rings. The molecule has 0 aromatic heterocycles. The van der Waals surface area contributed by atoms with E-state index < -0.39 is 7.92 Å². The maximum Gasteiger partial charge on any atom is 0.199 e. The topological polar surface area (TPSA) is 71.1 Å². The van der Waals surface area contributed by atoms with Crippen molar-refractivity contribution in [3.05, 3.63) is 47.5 Å². The maximum atomic E-state index is 13.7. The Morgan fingerprint density at radius 2 is 1.07 bits per heavy atom. The molecule has 0 bridgehead atoms. The minimum atomic E-state index is -1.78. The number of ether oxygens (including phenoxy) is 4. The summed E-state index contributed by atoms with van der Waals surface area (Å²) in [5.41, 5.74) is -0.172. The van der Waals surface area contributed by atoms with Gasteiger partial charge >= 0.3 is 0 Å². The first kappa shape index (κ1) is 22.7. The van der Waals surface area contributed by atoms with E-state index in [-0.39, 0.29) is 27.8 Å². The molecule has 0 amide bonds. The van der Waals surface area contributed by atoms with E-state index in [0.29, 0.717) is 29.4 Å². The van der Waals surface area contributed by atoms with Gasteiger partial charge in [0.25, 0.3) is 0 Å². The first-order valence-corrected chi connectivity index (χ1v) is 10.7. The van der Waals surface area contributed by atoms with Crippen LogP contribution in [0, 0.1) is 0 Å². The van der Waals surface area contributed by atoms with E-state index in [1.165, 1.54) is 28.4 Å². The Hall–Kier alpha value is -2.59. The second-order valence-corrected chi connectivity index (χ2v) is 8.75. The van der Waals surface area contributed by atoms with Crippen LogP contribution in [-0.4, -0.2) is 45.1 Å². The van der Waals surface area contributed by atoms with Crippen molar-refractivity contribution in [3.8, 4) is 23.0 Å². The zero-order valence-electron chi connectivity index (χ0n) is 17.6. The molecular formula is C22H27O6P. The molecular weight excluding hydrogens is 391 g/mol. The molecule has 0 aliphatic carbocycles. The summed E-state index contributed by atoms with van der Waals surface area (Å²) in [6.45, 7) is 3.87. The van der Waals surface area contributed by atoms with E-state index in [1.54, 1.807) is 36.4 Å². The normalized spacial score (nSPS) is 11.7. The molecule has 0 N–H and O–H groups in total. The van der Waals surface area contributed by atoms with Gasteiger partial charge < -0.3 is 18.9 Å². The number of hydrogen-bond donors (Lipinski definition) is 0. The lowest BCUT2D eigenvalue weighted by molar-refractivity contribution is 0.104. The van der Waals surface area contributed by atoms with Crippen molar-refractivity contribution in [1.29, 1.82) is 0 Å². The second kappa shape index (κ2) is 10.3. The Labute approximate surface area is 172 Å². The minimum Gasteiger partial charge on any atom is -0.496 e. The van der Waals surface area contributed by atoms with Crippen molar-refractivity contribution < 1.29 is 28.5 Å². The fraction of sp³-hybridized carbons (Fsp3) is 0.364. The summed E-state index contributed by atoms with van der Waals surface area (Å²) < 4.78 is 21.6. The predicted molar refractivity (Wildman–Crippen MR) is 114 cm³/mol. The van der Waals surface area contributed by atoms with Crippen molar-refractivity contribution in [1.82, 2.24) is 0 Å². The van der Waals surface area contributed by atoms with Crippen LogP contribution < -0.4 is 18.9 Å². The van der Waals surface area contributed by atoms with Crippen molar-refractivity contribution in [2.45, 2.75) is 25.9 Å². The van der Waals surface area contributed by atoms with Crippen LogP contribution in [0.2, 0.25) is 0 Å². The highest BCUT2D eigenvalue weighted by Crippen LogP contribution is 2.53. The Kier molecular flexibility index (Phi) is 8.03. The highest BCUT2D eigenvalue weighted by atomic mass is 31.1. The average Bonchev–Trinajstić information content (AvgIpc) is 2.77. The summed E-state index contributed by atoms with van der Waals surface area (Å²) >= 11 is 0. The largest absolute Gasteiger partial charge is 0.496 e. The Morgan fingerprint density at radius 3 is 1.31 bits per heavy atom. The predicted octanol–water partition coefficient (Wildman–Crippen LogP) is 4.98. The molecule has 0 spiro atoms. The smallest absolute Gasteiger partial charge is 0.199 e. The van der Waals surface area contributed by atoms with Crippen molar-refractivity contribution in [3.63, 3.8) is 0 Å². The minimum absolute atomic E-state index is 0.158. The maximum absolute atomic E-state index is 13.7. The van der Waals surface area contributed by atoms with Crippen LogP contribution in [0.4, 0.5) is 0 Å². The number of rotatable bonds is 10. The van der Waals surface area contributed by atoms with Crippen LogP contribution in [-0.2, 0) is 0 Å². The summed E-state index contributed by atoms with van der Waals surface area (Å²) in [7, 11) is 4.17. The molecule has 2 aromatic carbocycles. The number of hydrogen-bond acceptors (Lipinski definition) is 6. The van der Waals surface area contributed by atoms with Gasteiger partial charge in [0, 0.05) is 7.92 Å². The van der Waals surface area contributed by atoms with Gasteiger partial charge in [0.1, 0.15) is 34.1 Å². The lowest BCUT2D eigenvalue weighted by Crippen LogP contribution is -2.17. The molecule has 0 fully saturated rings. The van der Waals surface area contributed by atoms with Crippen LogP contribution in [0.1, 0.15) is 41.0 Å². The van der Waals surface area contributed by atoms with Crippen LogP contribution in [0.25, 0.3) is 0 Å². The highest BCUT2D eigenvalue weighted by molar-refractivity contribution is 7.90. The molecule has 0 radical (unpaired) electrons. The third kappa shape index (κ3) is 4.54. The third-order valence-electron chi connectivity index (χ3n) is 4.75. The van der Waals surface area contributed by atoms with Crippen LogP contribution in [0.5, 0.6) is 23.0 Å². The lowest BCUT2D eigenvalue weighted by atomic mass is 10.2. The van der Waals surface area contributed by atoms with Crippen molar-refractivity contribution in [2.75, 3.05) is 28.4 Å². The number of carbonyl (C=O) groups is 2. The van der Waals surface area contributed by atoms with Gasteiger partial charge in [0.15, 0.2) is 11.0 Å². The molecule has 1 atom stereocenters. The van der Waals surface area contributed by atoms with Gasteiger partial charge in [-0.05, 0) is 36.3 Å². The monoisotopic (exact) mass is 418 g/mol. The summed E-state index contributed by atoms with van der Waals surface area (Å²) in [6, 6.07) is 10.2. The summed E-state index contributed by atoms with van der Waals surface area (Å²) in [5.74, 6) is 1.52. The average molecular weight is 418 g/mol. The fourth-order valence-corrected chi connectivity index (χ4v) is 5.31. The summed E-state index contributed by atoms with van der Waals surface area (Å²) in [5, 5.41) is 0. The van der Waals surface area contributed by atoms with Crippen LogP contribution >= 0.6 is 7.92 Å². The zero-order valence-corrected chi connectivity index (χ0v) is 18.5. The molecule has 0 saturated heterocycles. The molecule has 156 valence electrons. The molecule has 7 heteroatoms. The molecule has 0 saturated carbocycles. The quantitative estimate of drug-likeness (QED) is 0.507. The van der Waals surface area contributed by atoms with Crippen molar-refractivity contribution >= 4 is 19.0 Å². The molecule has 1 unspecified atom stereocenters. The first-order chi connectivity index (χ1) is 13.9. The van der Waals surface area contributed by atoms with Gasteiger partial charge in [-0.2, -0.15) is 0 Å². The first-order valence-electron chi connectivity index (χ1n) is 9.24. The summed E-state index contributed by atoms with van der Waals surface area (Å²) in [6.07, 6.45) is 0.665. The number of carbonyl (C=O) groups excluding carboxylic acids is 2. The van der Waals surface area contributed by atoms with Crippen LogP contribution in [0.15, 0.2) is 36.4 Å². The van der Waals surface area contributed by atoms with Gasteiger partial charge in [0.2, 0.25) is 0 Å². The van der Waals surface area contributed by atoms with Gasteiger partial charge in [-0.1, -0.05) is 26.0 Å². The van der Waals surface area contributed by atoms with Crippen LogP contribution in [0.3, 0.4) is 0 Å². The Bertz CT molecular complexity index is 768. The molecule has 0 aliphatic rings. The molecule has 0 heterocycles. The van der Waals surface area contributed by atoms with Crippen molar-refractivity contribution in [2.24, 2.45) is 0 Å². The van der Waals surface area contributed by atoms with E-state index >= 15 is 0 Å².